The zero-order valence-electron chi connectivity index (χ0n) is 29.4. The molecule has 0 saturated carbocycles. The van der Waals surface area contributed by atoms with Crippen molar-refractivity contribution in [2.75, 3.05) is 25.7 Å². The second-order valence-electron chi connectivity index (χ2n) is 12.3. The molecule has 1 aliphatic heterocycles. The Kier molecular flexibility index (Phi) is 20.2. The predicted molar refractivity (Wildman–Crippen MR) is 196 cm³/mol. The Morgan fingerprint density at radius 1 is 1.13 bits per heavy atom. The number of nitrogens with one attached hydrogen (secondary N) is 1. The number of phosphoric ester groups is 1. The number of nitro groups is 1. The molecule has 1 aromatic rings. The van der Waals surface area contributed by atoms with Gasteiger partial charge in [-0.25, -0.2) is 13.7 Å². The fraction of sp³-hybridized carbons (Fsp3) is 0.679. The molecule has 19 nitrogen and oxygen atoms in total. The fourth-order valence-electron chi connectivity index (χ4n) is 4.44. The van der Waals surface area contributed by atoms with Gasteiger partial charge in [-0.3, -0.25) is 19.4 Å². The number of aliphatic hydroxyl groups is 1. The Labute approximate surface area is 316 Å². The molecule has 1 aliphatic rings. The van der Waals surface area contributed by atoms with Crippen molar-refractivity contribution in [3.8, 4) is 11.7 Å². The topological polar surface area (TPSA) is 280 Å². The van der Waals surface area contributed by atoms with Gasteiger partial charge in [0.15, 0.2) is 0 Å². The van der Waals surface area contributed by atoms with Gasteiger partial charge in [-0.2, -0.15) is 14.4 Å². The smallest absolute Gasteiger partial charge is 0.388 e. The number of carbonyl (C=O) groups excluding carboxylic acids is 1. The molecule has 1 aromatic carbocycles. The van der Waals surface area contributed by atoms with Gasteiger partial charge >= 0.3 is 23.5 Å². The Balaban J connectivity index is 1.97. The summed E-state index contributed by atoms with van der Waals surface area (Å²) in [5, 5.41) is 25.4. The van der Waals surface area contributed by atoms with Crippen LogP contribution in [0.1, 0.15) is 64.5 Å². The van der Waals surface area contributed by atoms with Gasteiger partial charge in [-0.1, -0.05) is 74.1 Å². The van der Waals surface area contributed by atoms with Gasteiger partial charge in [0, 0.05) is 23.8 Å². The number of nitrogens with zero attached hydrogens (tertiary/aromatic N) is 1. The number of ether oxygens (including phenoxy) is 3. The van der Waals surface area contributed by atoms with Crippen LogP contribution in [0.2, 0.25) is 0 Å². The second kappa shape index (κ2) is 22.4. The standard InChI is InChI=1S/C28H45BN2O17P3S2/c1-5-6-7-9-24(32)30-14-12-20-10-11-21(22(16-20)31(34)35)17-43-15-8-13-29-27-25(33)26(44-19-52-53-28(2,3)4)23(46-27)18-45-50(39,40)48-51(41,42)47-49(36,37)38/h10-11,16,23,25-27,33H,5-7,9,12,14-15,17-19H2,1-4H3,(H,30,32)(H,39,40)(H,41,42)(H2,36,37,38). The maximum Gasteiger partial charge on any atom is 0.490 e. The number of unbranched alkanes of at least 4 members (excludes halogenated alkanes) is 2. The minimum atomic E-state index is -5.75. The predicted octanol–water partition coefficient (Wildman–Crippen LogP) is 3.97. The molecule has 0 aromatic heterocycles. The number of hydrogen-bond donors (Lipinski definition) is 6. The molecule has 1 saturated heterocycles. The molecule has 2 rings (SSSR count). The van der Waals surface area contributed by atoms with E-state index in [1.165, 1.54) is 34.9 Å². The second-order valence-corrected chi connectivity index (χ2v) is 19.8. The highest BCUT2D eigenvalue weighted by atomic mass is 33.1. The molecule has 299 valence electrons. The van der Waals surface area contributed by atoms with Crippen LogP contribution in [-0.2, 0) is 58.9 Å². The number of benzene rings is 1. The van der Waals surface area contributed by atoms with Gasteiger partial charge in [-0.05, 0) is 24.5 Å². The van der Waals surface area contributed by atoms with E-state index in [-0.39, 0.29) is 35.5 Å². The summed E-state index contributed by atoms with van der Waals surface area (Å²) in [6, 6.07) is 3.59. The number of amides is 1. The molecular weight excluding hydrogens is 804 g/mol. The molecule has 1 amide bonds. The third kappa shape index (κ3) is 19.9. The van der Waals surface area contributed by atoms with E-state index in [1.807, 2.05) is 27.7 Å². The quantitative estimate of drug-likeness (QED) is 0.0133. The fourth-order valence-corrected chi connectivity index (χ4v) is 9.46. The molecule has 0 spiro atoms. The van der Waals surface area contributed by atoms with Crippen LogP contribution in [-0.4, -0.2) is 97.5 Å². The summed E-state index contributed by atoms with van der Waals surface area (Å²) in [6.45, 7) is 7.14. The molecule has 0 bridgehead atoms. The van der Waals surface area contributed by atoms with Crippen molar-refractivity contribution in [3.05, 3.63) is 39.4 Å². The van der Waals surface area contributed by atoms with Gasteiger partial charge in [0.1, 0.15) is 30.9 Å². The Morgan fingerprint density at radius 2 is 1.85 bits per heavy atom. The van der Waals surface area contributed by atoms with E-state index in [1.54, 1.807) is 12.1 Å². The highest BCUT2D eigenvalue weighted by Gasteiger charge is 2.47. The first-order valence-corrected chi connectivity index (χ1v) is 22.9. The zero-order valence-corrected chi connectivity index (χ0v) is 33.7. The lowest BCUT2D eigenvalue weighted by Gasteiger charge is -2.23. The SMILES string of the molecule is CCCCCC(=O)NCCc1ccc(COCC#C[B]C2OC(COP(=O)(O)OP(=O)(O)OP(=O)(O)O)C(OCSSC(C)(C)C)C2O)c([N+](=O)[O-])c1. The summed E-state index contributed by atoms with van der Waals surface area (Å²) in [5.41, 5.74) is 0.836. The number of rotatable bonds is 23. The summed E-state index contributed by atoms with van der Waals surface area (Å²) >= 11 is 0. The van der Waals surface area contributed by atoms with Gasteiger partial charge in [0.05, 0.1) is 29.7 Å². The third-order valence-corrected chi connectivity index (χ3v) is 13.5. The highest BCUT2D eigenvalue weighted by Crippen LogP contribution is 2.66. The maximum absolute atomic E-state index is 12.2. The van der Waals surface area contributed by atoms with Crippen LogP contribution in [0.5, 0.6) is 0 Å². The largest absolute Gasteiger partial charge is 0.490 e. The molecule has 6 N–H and O–H groups in total. The van der Waals surface area contributed by atoms with Crippen molar-refractivity contribution in [3.63, 3.8) is 0 Å². The van der Waals surface area contributed by atoms with Crippen molar-refractivity contribution >= 4 is 63.9 Å². The Bertz CT molecular complexity index is 1570. The van der Waals surface area contributed by atoms with E-state index >= 15 is 0 Å². The van der Waals surface area contributed by atoms with Gasteiger partial charge < -0.3 is 44.2 Å². The Hall–Kier alpha value is -1.34. The van der Waals surface area contributed by atoms with Crippen LogP contribution in [0.25, 0.3) is 0 Å². The summed E-state index contributed by atoms with van der Waals surface area (Å²) in [5.74, 6) is 5.29. The molecule has 1 heterocycles. The first kappa shape index (κ1) is 47.8. The van der Waals surface area contributed by atoms with E-state index < -0.39 is 59.3 Å². The van der Waals surface area contributed by atoms with E-state index in [9.17, 15) is 43.5 Å². The maximum atomic E-state index is 12.2. The highest BCUT2D eigenvalue weighted by molar-refractivity contribution is 8.77. The average molecular weight is 850 g/mol. The van der Waals surface area contributed by atoms with Gasteiger partial charge in [0.25, 0.3) is 13.0 Å². The lowest BCUT2D eigenvalue weighted by molar-refractivity contribution is -0.386. The zero-order chi connectivity index (χ0) is 39.9. The van der Waals surface area contributed by atoms with E-state index in [4.69, 9.17) is 28.5 Å². The number of phosphoric acid groups is 3. The lowest BCUT2D eigenvalue weighted by atomic mass is 9.70. The molecule has 6 atom stereocenters. The number of aliphatic hydroxyl groups excluding tert-OH is 1. The van der Waals surface area contributed by atoms with Gasteiger partial charge in [-0.15, -0.1) is 0 Å². The molecule has 1 radical (unpaired) electrons. The number of nitro benzene ring substituents is 1. The number of hydrogen-bond acceptors (Lipinski definition) is 15. The van der Waals surface area contributed by atoms with E-state index in [2.05, 4.69) is 25.7 Å². The molecule has 0 aliphatic carbocycles. The van der Waals surface area contributed by atoms with Crippen molar-refractivity contribution < 1.29 is 75.4 Å². The summed E-state index contributed by atoms with van der Waals surface area (Å²) in [7, 11) is -12.8. The first-order valence-electron chi connectivity index (χ1n) is 16.1. The van der Waals surface area contributed by atoms with Crippen LogP contribution in [0, 0.1) is 21.9 Å². The molecule has 1 fully saturated rings. The molecular formula is C28H45BN2O17P3S2. The van der Waals surface area contributed by atoms with Crippen molar-refractivity contribution in [2.24, 2.45) is 0 Å². The molecule has 25 heteroatoms. The first-order chi connectivity index (χ1) is 24.6. The van der Waals surface area contributed by atoms with Crippen LogP contribution in [0.4, 0.5) is 5.69 Å². The van der Waals surface area contributed by atoms with Crippen molar-refractivity contribution in [1.82, 2.24) is 5.32 Å². The summed E-state index contributed by atoms with van der Waals surface area (Å²) in [4.78, 5) is 59.8. The summed E-state index contributed by atoms with van der Waals surface area (Å²) in [6.07, 6.45) is -0.176. The average Bonchev–Trinajstić information content (AvgIpc) is 3.31. The normalized spacial score (nSPS) is 21.2. The van der Waals surface area contributed by atoms with E-state index in [0.717, 1.165) is 19.3 Å². The summed E-state index contributed by atoms with van der Waals surface area (Å²) < 4.78 is 63.7. The minimum absolute atomic E-state index is 0.0355. The third-order valence-electron chi connectivity index (χ3n) is 6.68. The van der Waals surface area contributed by atoms with Gasteiger partial charge in [0.2, 0.25) is 5.91 Å². The molecule has 6 unspecified atom stereocenters. The van der Waals surface area contributed by atoms with Crippen LogP contribution >= 0.6 is 45.1 Å². The minimum Gasteiger partial charge on any atom is -0.388 e. The van der Waals surface area contributed by atoms with Crippen molar-refractivity contribution in [2.45, 2.75) is 95.5 Å². The monoisotopic (exact) mass is 849 g/mol. The van der Waals surface area contributed by atoms with Crippen molar-refractivity contribution in [1.29, 1.82) is 0 Å². The lowest BCUT2D eigenvalue weighted by Crippen LogP contribution is -2.38. The molecule has 53 heavy (non-hydrogen) atoms. The van der Waals surface area contributed by atoms with Crippen LogP contribution < -0.4 is 5.32 Å². The van der Waals surface area contributed by atoms with Crippen LogP contribution in [0.15, 0.2) is 18.2 Å². The number of carbonyl (C=O) groups is 1. The Morgan fingerprint density at radius 3 is 2.49 bits per heavy atom. The van der Waals surface area contributed by atoms with Crippen LogP contribution in [0.3, 0.4) is 0 Å². The van der Waals surface area contributed by atoms with E-state index in [0.29, 0.717) is 30.5 Å².